The van der Waals surface area contributed by atoms with E-state index in [2.05, 4.69) is 17.4 Å². The Hall–Kier alpha value is -1.52. The lowest BCUT2D eigenvalue weighted by Crippen LogP contribution is -2.17. The van der Waals surface area contributed by atoms with Crippen LogP contribution in [0, 0.1) is 0 Å². The van der Waals surface area contributed by atoms with Gasteiger partial charge in [0.2, 0.25) is 0 Å². The van der Waals surface area contributed by atoms with Crippen molar-refractivity contribution < 1.29 is 0 Å². The van der Waals surface area contributed by atoms with Crippen LogP contribution in [0.1, 0.15) is 5.56 Å². The zero-order chi connectivity index (χ0) is 12.8. The highest BCUT2D eigenvalue weighted by atomic mass is 32.2. The molecule has 0 unspecified atom stereocenters. The van der Waals surface area contributed by atoms with Crippen LogP contribution in [-0.2, 0) is 6.54 Å². The smallest absolute Gasteiger partial charge is 0.138 e. The second kappa shape index (κ2) is 6.42. The number of thiocarbonyl (C=S) groups is 1. The molecule has 0 aliphatic rings. The Bertz CT molecular complexity index is 526. The summed E-state index contributed by atoms with van der Waals surface area (Å²) in [4.78, 5) is 0.989. The molecule has 0 atom stereocenters. The van der Waals surface area contributed by atoms with Gasteiger partial charge < -0.3 is 11.1 Å². The fourth-order valence-electron chi connectivity index (χ4n) is 1.48. The van der Waals surface area contributed by atoms with Gasteiger partial charge in [0.25, 0.3) is 0 Å². The second-order valence-electron chi connectivity index (χ2n) is 3.77. The van der Waals surface area contributed by atoms with Crippen molar-refractivity contribution in [2.45, 2.75) is 11.4 Å². The molecule has 92 valence electrons. The van der Waals surface area contributed by atoms with Gasteiger partial charge in [-0.15, -0.1) is 0 Å². The lowest BCUT2D eigenvalue weighted by atomic mass is 10.2. The lowest BCUT2D eigenvalue weighted by Gasteiger charge is -2.08. The fraction of sp³-hybridized carbons (Fsp3) is 0.0714. The van der Waals surface area contributed by atoms with Crippen LogP contribution in [0.4, 0.5) is 5.69 Å². The summed E-state index contributed by atoms with van der Waals surface area (Å²) in [7, 11) is 0. The molecule has 2 aromatic rings. The summed E-state index contributed by atoms with van der Waals surface area (Å²) in [6.45, 7) is 0.736. The van der Waals surface area contributed by atoms with Gasteiger partial charge in [-0.05, 0) is 17.7 Å². The number of thioether (sulfide) groups is 1. The molecule has 2 nitrogen and oxygen atoms in total. The topological polar surface area (TPSA) is 38.0 Å². The van der Waals surface area contributed by atoms with E-state index in [0.29, 0.717) is 0 Å². The zero-order valence-electron chi connectivity index (χ0n) is 9.80. The number of hydrogen-bond donors (Lipinski definition) is 2. The van der Waals surface area contributed by atoms with Crippen LogP contribution in [0.5, 0.6) is 0 Å². The lowest BCUT2D eigenvalue weighted by molar-refractivity contribution is 0.940. The van der Waals surface area contributed by atoms with Crippen molar-refractivity contribution in [1.82, 2.24) is 5.32 Å². The predicted octanol–water partition coefficient (Wildman–Crippen LogP) is 3.44. The van der Waals surface area contributed by atoms with E-state index in [1.807, 2.05) is 42.5 Å². The number of nitrogens with two attached hydrogens (primary N) is 1. The maximum Gasteiger partial charge on any atom is 0.138 e. The minimum Gasteiger partial charge on any atom is -0.398 e. The first-order valence-corrected chi connectivity index (χ1v) is 6.82. The maximum absolute atomic E-state index is 5.87. The quantitative estimate of drug-likeness (QED) is 0.511. The van der Waals surface area contributed by atoms with Gasteiger partial charge in [0.15, 0.2) is 0 Å². The van der Waals surface area contributed by atoms with Crippen molar-refractivity contribution >= 4 is 34.0 Å². The predicted molar refractivity (Wildman–Crippen MR) is 82.6 cm³/mol. The normalized spacial score (nSPS) is 10.0. The summed E-state index contributed by atoms with van der Waals surface area (Å²) < 4.78 is 0.733. The van der Waals surface area contributed by atoms with Gasteiger partial charge >= 0.3 is 0 Å². The molecular weight excluding hydrogens is 260 g/mol. The molecule has 0 fully saturated rings. The van der Waals surface area contributed by atoms with Crippen molar-refractivity contribution in [3.63, 3.8) is 0 Å². The fourth-order valence-corrected chi connectivity index (χ4v) is 2.50. The Labute approximate surface area is 117 Å². The first-order chi connectivity index (χ1) is 8.75. The number of rotatable bonds is 3. The molecule has 0 bridgehead atoms. The summed E-state index contributed by atoms with van der Waals surface area (Å²) in [6.07, 6.45) is 0. The Morgan fingerprint density at radius 2 is 1.72 bits per heavy atom. The molecule has 0 saturated carbocycles. The van der Waals surface area contributed by atoms with Crippen LogP contribution in [0.15, 0.2) is 59.5 Å². The molecule has 18 heavy (non-hydrogen) atoms. The molecule has 0 radical (unpaired) electrons. The molecule has 0 heterocycles. The van der Waals surface area contributed by atoms with E-state index in [-0.39, 0.29) is 0 Å². The standard InChI is InChI=1S/C14H14N2S2/c15-12-8-4-5-9-13(12)18-14(17)16-10-11-6-2-1-3-7-11/h1-9H,10,15H2,(H,16,17). The van der Waals surface area contributed by atoms with Gasteiger partial charge in [0, 0.05) is 17.1 Å². The number of hydrogen-bond acceptors (Lipinski definition) is 3. The molecule has 2 rings (SSSR count). The second-order valence-corrected chi connectivity index (χ2v) is 5.49. The van der Waals surface area contributed by atoms with Crippen molar-refractivity contribution in [1.29, 1.82) is 0 Å². The molecule has 0 spiro atoms. The Balaban J connectivity index is 1.88. The average Bonchev–Trinajstić information content (AvgIpc) is 2.40. The van der Waals surface area contributed by atoms with Gasteiger partial charge in [-0.25, -0.2) is 0 Å². The van der Waals surface area contributed by atoms with Gasteiger partial charge in [0.05, 0.1) is 0 Å². The Morgan fingerprint density at radius 3 is 2.44 bits per heavy atom. The summed E-state index contributed by atoms with van der Waals surface area (Å²) in [5.41, 5.74) is 7.83. The third kappa shape index (κ3) is 3.75. The molecule has 2 aromatic carbocycles. The molecular formula is C14H14N2S2. The van der Waals surface area contributed by atoms with Gasteiger partial charge in [-0.3, -0.25) is 0 Å². The van der Waals surface area contributed by atoms with Crippen LogP contribution in [0.2, 0.25) is 0 Å². The summed E-state index contributed by atoms with van der Waals surface area (Å²) in [5.74, 6) is 0. The first-order valence-electron chi connectivity index (χ1n) is 5.60. The summed E-state index contributed by atoms with van der Waals surface area (Å²) in [5, 5.41) is 3.21. The van der Waals surface area contributed by atoms with E-state index in [1.54, 1.807) is 0 Å². The van der Waals surface area contributed by atoms with Gasteiger partial charge in [0.1, 0.15) is 4.32 Å². The molecule has 3 N–H and O–H groups in total. The summed E-state index contributed by atoms with van der Waals surface area (Å²) >= 11 is 6.78. The molecule has 0 aliphatic carbocycles. The third-order valence-corrected chi connectivity index (χ3v) is 3.72. The van der Waals surface area contributed by atoms with E-state index in [4.69, 9.17) is 18.0 Å². The van der Waals surface area contributed by atoms with Crippen molar-refractivity contribution in [3.8, 4) is 0 Å². The van der Waals surface area contributed by atoms with E-state index < -0.39 is 0 Å². The van der Waals surface area contributed by atoms with E-state index >= 15 is 0 Å². The number of anilines is 1. The van der Waals surface area contributed by atoms with Crippen molar-refractivity contribution in [3.05, 3.63) is 60.2 Å². The highest BCUT2D eigenvalue weighted by Crippen LogP contribution is 2.24. The highest BCUT2D eigenvalue weighted by Gasteiger charge is 2.03. The van der Waals surface area contributed by atoms with E-state index in [0.717, 1.165) is 21.4 Å². The average molecular weight is 274 g/mol. The largest absolute Gasteiger partial charge is 0.398 e. The summed E-state index contributed by atoms with van der Waals surface area (Å²) in [6, 6.07) is 17.9. The minimum absolute atomic E-state index is 0.733. The third-order valence-electron chi connectivity index (χ3n) is 2.40. The maximum atomic E-state index is 5.87. The van der Waals surface area contributed by atoms with Crippen molar-refractivity contribution in [2.24, 2.45) is 0 Å². The number of nitrogens with one attached hydrogen (secondary N) is 1. The molecule has 0 aliphatic heterocycles. The monoisotopic (exact) mass is 274 g/mol. The van der Waals surface area contributed by atoms with Crippen LogP contribution in [0.25, 0.3) is 0 Å². The molecule has 0 amide bonds. The number of nitrogen functional groups attached to an aromatic ring is 1. The van der Waals surface area contributed by atoms with Crippen LogP contribution in [-0.4, -0.2) is 4.32 Å². The van der Waals surface area contributed by atoms with Gasteiger partial charge in [-0.1, -0.05) is 66.4 Å². The highest BCUT2D eigenvalue weighted by molar-refractivity contribution is 8.23. The van der Waals surface area contributed by atoms with Crippen LogP contribution < -0.4 is 11.1 Å². The van der Waals surface area contributed by atoms with Crippen LogP contribution >= 0.6 is 24.0 Å². The van der Waals surface area contributed by atoms with Gasteiger partial charge in [-0.2, -0.15) is 0 Å². The number of benzene rings is 2. The Kier molecular flexibility index (Phi) is 4.61. The van der Waals surface area contributed by atoms with Crippen molar-refractivity contribution in [2.75, 3.05) is 5.73 Å². The molecule has 0 aromatic heterocycles. The first kappa shape index (κ1) is 12.9. The SMILES string of the molecule is Nc1ccccc1SC(=S)NCc1ccccc1. The minimum atomic E-state index is 0.733. The van der Waals surface area contributed by atoms with E-state index in [9.17, 15) is 0 Å². The number of para-hydroxylation sites is 1. The molecule has 4 heteroatoms. The zero-order valence-corrected chi connectivity index (χ0v) is 11.4. The van der Waals surface area contributed by atoms with E-state index in [1.165, 1.54) is 17.3 Å². The molecule has 0 saturated heterocycles. The Morgan fingerprint density at radius 1 is 1.06 bits per heavy atom. The van der Waals surface area contributed by atoms with Crippen LogP contribution in [0.3, 0.4) is 0 Å².